The Morgan fingerprint density at radius 3 is 2.33 bits per heavy atom. The van der Waals surface area contributed by atoms with Crippen molar-refractivity contribution in [1.82, 2.24) is 4.72 Å². The molecular formula is C15H15BrFNO2S. The molecule has 1 unspecified atom stereocenters. The molecule has 2 aromatic rings. The molecule has 3 nitrogen and oxygen atoms in total. The van der Waals surface area contributed by atoms with Gasteiger partial charge in [-0.2, -0.15) is 0 Å². The van der Waals surface area contributed by atoms with Crippen LogP contribution in [0.1, 0.15) is 24.1 Å². The topological polar surface area (TPSA) is 46.2 Å². The average Bonchev–Trinajstić information content (AvgIpc) is 2.38. The molecule has 0 aromatic heterocycles. The molecule has 1 N–H and O–H groups in total. The van der Waals surface area contributed by atoms with E-state index in [0.717, 1.165) is 16.1 Å². The lowest BCUT2D eigenvalue weighted by Gasteiger charge is -2.16. The van der Waals surface area contributed by atoms with Crippen molar-refractivity contribution in [2.24, 2.45) is 0 Å². The summed E-state index contributed by atoms with van der Waals surface area (Å²) in [5, 5.41) is 0. The van der Waals surface area contributed by atoms with Crippen molar-refractivity contribution in [2.45, 2.75) is 24.8 Å². The summed E-state index contributed by atoms with van der Waals surface area (Å²) in [4.78, 5) is 0.0906. The van der Waals surface area contributed by atoms with E-state index in [0.29, 0.717) is 5.56 Å². The molecule has 2 aromatic carbocycles. The highest BCUT2D eigenvalue weighted by Gasteiger charge is 2.20. The van der Waals surface area contributed by atoms with Crippen LogP contribution >= 0.6 is 15.9 Å². The van der Waals surface area contributed by atoms with Crippen LogP contribution in [0.25, 0.3) is 0 Å². The molecule has 0 saturated heterocycles. The SMILES string of the molecule is Cc1cc(F)ccc1S(=O)(=O)NC(C)c1ccc(Br)cc1. The molecule has 0 saturated carbocycles. The number of hydrogen-bond donors (Lipinski definition) is 1. The summed E-state index contributed by atoms with van der Waals surface area (Å²) in [6.07, 6.45) is 0. The summed E-state index contributed by atoms with van der Waals surface area (Å²) in [5.41, 5.74) is 1.23. The molecule has 1 atom stereocenters. The van der Waals surface area contributed by atoms with E-state index in [-0.39, 0.29) is 10.9 Å². The highest BCUT2D eigenvalue weighted by atomic mass is 79.9. The largest absolute Gasteiger partial charge is 0.241 e. The first-order valence-electron chi connectivity index (χ1n) is 6.33. The van der Waals surface area contributed by atoms with Crippen LogP contribution in [-0.2, 0) is 10.0 Å². The van der Waals surface area contributed by atoms with Gasteiger partial charge in [0, 0.05) is 10.5 Å². The maximum absolute atomic E-state index is 13.1. The third-order valence-corrected chi connectivity index (χ3v) is 5.36. The van der Waals surface area contributed by atoms with Gasteiger partial charge < -0.3 is 0 Å². The lowest BCUT2D eigenvalue weighted by molar-refractivity contribution is 0.565. The number of halogens is 2. The fourth-order valence-corrected chi connectivity index (χ4v) is 3.75. The van der Waals surface area contributed by atoms with E-state index in [1.807, 2.05) is 24.3 Å². The fraction of sp³-hybridized carbons (Fsp3) is 0.200. The molecule has 21 heavy (non-hydrogen) atoms. The first-order valence-corrected chi connectivity index (χ1v) is 8.61. The quantitative estimate of drug-likeness (QED) is 0.884. The minimum Gasteiger partial charge on any atom is -0.207 e. The Morgan fingerprint density at radius 2 is 1.76 bits per heavy atom. The smallest absolute Gasteiger partial charge is 0.207 e. The zero-order valence-corrected chi connectivity index (χ0v) is 14.0. The molecule has 0 spiro atoms. The molecule has 0 heterocycles. The number of aryl methyl sites for hydroxylation is 1. The van der Waals surface area contributed by atoms with E-state index in [1.54, 1.807) is 13.8 Å². The molecule has 0 aliphatic carbocycles. The van der Waals surface area contributed by atoms with Gasteiger partial charge in [0.25, 0.3) is 0 Å². The fourth-order valence-electron chi connectivity index (χ4n) is 2.03. The Balaban J connectivity index is 2.26. The summed E-state index contributed by atoms with van der Waals surface area (Å²) in [6, 6.07) is 10.6. The van der Waals surface area contributed by atoms with E-state index in [4.69, 9.17) is 0 Å². The van der Waals surface area contributed by atoms with Crippen LogP contribution in [0.2, 0.25) is 0 Å². The minimum atomic E-state index is -3.69. The first kappa shape index (κ1) is 16.1. The van der Waals surface area contributed by atoms with Gasteiger partial charge >= 0.3 is 0 Å². The van der Waals surface area contributed by atoms with Crippen molar-refractivity contribution in [3.8, 4) is 0 Å². The molecule has 0 aliphatic heterocycles. The van der Waals surface area contributed by atoms with Crippen molar-refractivity contribution in [2.75, 3.05) is 0 Å². The van der Waals surface area contributed by atoms with Crippen LogP contribution < -0.4 is 4.72 Å². The zero-order chi connectivity index (χ0) is 15.6. The maximum Gasteiger partial charge on any atom is 0.241 e. The number of benzene rings is 2. The highest BCUT2D eigenvalue weighted by Crippen LogP contribution is 2.21. The van der Waals surface area contributed by atoms with Gasteiger partial charge in [-0.05, 0) is 55.3 Å². The van der Waals surface area contributed by atoms with Gasteiger partial charge in [-0.3, -0.25) is 0 Å². The van der Waals surface area contributed by atoms with E-state index in [2.05, 4.69) is 20.7 Å². The van der Waals surface area contributed by atoms with Gasteiger partial charge in [-0.15, -0.1) is 0 Å². The molecule has 112 valence electrons. The summed E-state index contributed by atoms with van der Waals surface area (Å²) < 4.78 is 41.4. The van der Waals surface area contributed by atoms with E-state index >= 15 is 0 Å². The Morgan fingerprint density at radius 1 is 1.14 bits per heavy atom. The lowest BCUT2D eigenvalue weighted by atomic mass is 10.1. The second kappa shape index (κ2) is 6.25. The molecular weight excluding hydrogens is 357 g/mol. The van der Waals surface area contributed by atoms with Gasteiger partial charge in [0.05, 0.1) is 4.90 Å². The van der Waals surface area contributed by atoms with Crippen molar-refractivity contribution in [3.05, 3.63) is 63.9 Å². The van der Waals surface area contributed by atoms with E-state index in [1.165, 1.54) is 12.1 Å². The normalized spacial score (nSPS) is 13.1. The Labute approximate surface area is 132 Å². The second-order valence-corrected chi connectivity index (χ2v) is 7.40. The standard InChI is InChI=1S/C15H15BrFNO2S/c1-10-9-14(17)7-8-15(10)21(19,20)18-11(2)12-3-5-13(16)6-4-12/h3-9,11,18H,1-2H3. The molecule has 0 bridgehead atoms. The lowest BCUT2D eigenvalue weighted by Crippen LogP contribution is -2.27. The predicted octanol–water partition coefficient (Wildman–Crippen LogP) is 3.94. The zero-order valence-electron chi connectivity index (χ0n) is 11.6. The Hall–Kier alpha value is -1.24. The van der Waals surface area contributed by atoms with E-state index in [9.17, 15) is 12.8 Å². The highest BCUT2D eigenvalue weighted by molar-refractivity contribution is 9.10. The van der Waals surface area contributed by atoms with Gasteiger partial charge in [-0.25, -0.2) is 17.5 Å². The second-order valence-electron chi connectivity index (χ2n) is 4.80. The van der Waals surface area contributed by atoms with Gasteiger partial charge in [0.1, 0.15) is 5.82 Å². The van der Waals surface area contributed by atoms with Crippen molar-refractivity contribution in [3.63, 3.8) is 0 Å². The monoisotopic (exact) mass is 371 g/mol. The molecule has 0 amide bonds. The predicted molar refractivity (Wildman–Crippen MR) is 84.0 cm³/mol. The summed E-state index contributed by atoms with van der Waals surface area (Å²) in [7, 11) is -3.69. The molecule has 2 rings (SSSR count). The van der Waals surface area contributed by atoms with Crippen LogP contribution in [0.5, 0.6) is 0 Å². The molecule has 0 radical (unpaired) electrons. The number of hydrogen-bond acceptors (Lipinski definition) is 2. The number of sulfonamides is 1. The van der Waals surface area contributed by atoms with Crippen LogP contribution in [-0.4, -0.2) is 8.42 Å². The van der Waals surface area contributed by atoms with Crippen LogP contribution in [0.15, 0.2) is 51.8 Å². The number of rotatable bonds is 4. The van der Waals surface area contributed by atoms with Crippen LogP contribution in [0, 0.1) is 12.7 Å². The third-order valence-electron chi connectivity index (χ3n) is 3.13. The first-order chi connectivity index (χ1) is 9.79. The Kier molecular flexibility index (Phi) is 4.81. The van der Waals surface area contributed by atoms with Gasteiger partial charge in [0.2, 0.25) is 10.0 Å². The summed E-state index contributed by atoms with van der Waals surface area (Å²) in [5.74, 6) is -0.451. The summed E-state index contributed by atoms with van der Waals surface area (Å²) >= 11 is 3.33. The molecule has 6 heteroatoms. The minimum absolute atomic E-state index is 0.0906. The number of nitrogens with one attached hydrogen (secondary N) is 1. The Bertz CT molecular complexity index is 745. The van der Waals surface area contributed by atoms with Crippen LogP contribution in [0.4, 0.5) is 4.39 Å². The van der Waals surface area contributed by atoms with E-state index < -0.39 is 15.8 Å². The summed E-state index contributed by atoms with van der Waals surface area (Å²) in [6.45, 7) is 3.33. The maximum atomic E-state index is 13.1. The van der Waals surface area contributed by atoms with Gasteiger partial charge in [-0.1, -0.05) is 28.1 Å². The van der Waals surface area contributed by atoms with Crippen molar-refractivity contribution < 1.29 is 12.8 Å². The van der Waals surface area contributed by atoms with Crippen molar-refractivity contribution in [1.29, 1.82) is 0 Å². The third kappa shape index (κ3) is 3.90. The molecule has 0 aliphatic rings. The van der Waals surface area contributed by atoms with Crippen molar-refractivity contribution >= 4 is 26.0 Å². The van der Waals surface area contributed by atoms with Crippen LogP contribution in [0.3, 0.4) is 0 Å². The average molecular weight is 372 g/mol. The van der Waals surface area contributed by atoms with Gasteiger partial charge in [0.15, 0.2) is 0 Å². The molecule has 0 fully saturated rings.